The third kappa shape index (κ3) is 3.76. The molecule has 0 amide bonds. The van der Waals surface area contributed by atoms with Gasteiger partial charge in [0.05, 0.1) is 18.6 Å². The fourth-order valence-electron chi connectivity index (χ4n) is 1.51. The van der Waals surface area contributed by atoms with E-state index in [9.17, 15) is 18.0 Å². The zero-order valence-electron chi connectivity index (χ0n) is 9.60. The average Bonchev–Trinajstić information content (AvgIpc) is 2.15. The quantitative estimate of drug-likeness (QED) is 0.766. The number of aryl methyl sites for hydroxylation is 1. The Morgan fingerprint density at radius 3 is 2.53 bits per heavy atom. The van der Waals surface area contributed by atoms with Crippen LogP contribution in [0.4, 0.5) is 13.2 Å². The van der Waals surface area contributed by atoms with Crippen molar-refractivity contribution in [3.63, 3.8) is 0 Å². The summed E-state index contributed by atoms with van der Waals surface area (Å²) in [7, 11) is 0. The highest BCUT2D eigenvalue weighted by Gasteiger charge is 2.33. The molecule has 0 aliphatic rings. The van der Waals surface area contributed by atoms with E-state index in [1.807, 2.05) is 0 Å². The summed E-state index contributed by atoms with van der Waals surface area (Å²) in [6.07, 6.45) is -4.81. The predicted octanol–water partition coefficient (Wildman–Crippen LogP) is 3.12. The van der Waals surface area contributed by atoms with Crippen LogP contribution in [0.5, 0.6) is 0 Å². The largest absolute Gasteiger partial charge is 0.466 e. The van der Waals surface area contributed by atoms with E-state index in [0.29, 0.717) is 5.56 Å². The van der Waals surface area contributed by atoms with E-state index in [1.165, 1.54) is 12.1 Å². The van der Waals surface area contributed by atoms with E-state index in [-0.39, 0.29) is 18.6 Å². The van der Waals surface area contributed by atoms with Gasteiger partial charge in [0.1, 0.15) is 0 Å². The van der Waals surface area contributed by atoms with E-state index in [0.717, 1.165) is 6.07 Å². The van der Waals surface area contributed by atoms with Gasteiger partial charge in [-0.15, -0.1) is 0 Å². The lowest BCUT2D eigenvalue weighted by molar-refractivity contribution is -0.143. The van der Waals surface area contributed by atoms with Crippen molar-refractivity contribution >= 4 is 5.97 Å². The Morgan fingerprint density at radius 2 is 2.00 bits per heavy atom. The minimum atomic E-state index is -4.45. The molecule has 1 aromatic carbocycles. The molecule has 2 nitrogen and oxygen atoms in total. The molecule has 0 atom stereocenters. The molecule has 0 heterocycles. The molecular formula is C12H13F3O2. The number of hydrogen-bond acceptors (Lipinski definition) is 2. The van der Waals surface area contributed by atoms with Crippen molar-refractivity contribution in [2.24, 2.45) is 0 Å². The number of hydrogen-bond donors (Lipinski definition) is 0. The molecule has 17 heavy (non-hydrogen) atoms. The molecule has 0 spiro atoms. The Balaban J connectivity index is 3.04. The number of halogens is 3. The van der Waals surface area contributed by atoms with Gasteiger partial charge in [-0.25, -0.2) is 0 Å². The topological polar surface area (TPSA) is 26.3 Å². The molecule has 0 fully saturated rings. The van der Waals surface area contributed by atoms with Gasteiger partial charge < -0.3 is 4.74 Å². The molecule has 0 aliphatic heterocycles. The van der Waals surface area contributed by atoms with Crippen LogP contribution >= 0.6 is 0 Å². The first-order chi connectivity index (χ1) is 7.84. The lowest BCUT2D eigenvalue weighted by Gasteiger charge is -2.13. The zero-order valence-corrected chi connectivity index (χ0v) is 9.60. The fourth-order valence-corrected chi connectivity index (χ4v) is 1.51. The minimum Gasteiger partial charge on any atom is -0.466 e. The predicted molar refractivity (Wildman–Crippen MR) is 56.5 cm³/mol. The number of ether oxygens (including phenoxy) is 1. The van der Waals surface area contributed by atoms with Crippen LogP contribution in [0.1, 0.15) is 23.6 Å². The molecule has 0 N–H and O–H groups in total. The molecule has 0 saturated heterocycles. The lowest BCUT2D eigenvalue weighted by atomic mass is 10.0. The number of alkyl halides is 3. The van der Waals surface area contributed by atoms with E-state index in [1.54, 1.807) is 13.8 Å². The first kappa shape index (κ1) is 13.5. The average molecular weight is 246 g/mol. The summed E-state index contributed by atoms with van der Waals surface area (Å²) in [6, 6.07) is 3.72. The summed E-state index contributed by atoms with van der Waals surface area (Å²) < 4.78 is 42.6. The Bertz CT molecular complexity index is 411. The highest BCUT2D eigenvalue weighted by Crippen LogP contribution is 2.32. The molecule has 1 rings (SSSR count). The van der Waals surface area contributed by atoms with Crippen LogP contribution in [0.25, 0.3) is 0 Å². The lowest BCUT2D eigenvalue weighted by Crippen LogP contribution is -2.14. The second-order valence-electron chi connectivity index (χ2n) is 3.64. The second-order valence-corrected chi connectivity index (χ2v) is 3.64. The molecule has 94 valence electrons. The van der Waals surface area contributed by atoms with Crippen LogP contribution in [0, 0.1) is 6.92 Å². The van der Waals surface area contributed by atoms with Gasteiger partial charge in [-0.1, -0.05) is 17.7 Å². The molecule has 0 unspecified atom stereocenters. The molecule has 1 aromatic rings. The summed E-state index contributed by atoms with van der Waals surface area (Å²) in [5.74, 6) is -0.649. The maximum absolute atomic E-state index is 12.7. The maximum Gasteiger partial charge on any atom is 0.416 e. The molecule has 0 bridgehead atoms. The van der Waals surface area contributed by atoms with Gasteiger partial charge in [-0.3, -0.25) is 4.79 Å². The molecule has 5 heteroatoms. The van der Waals surface area contributed by atoms with Crippen LogP contribution in [-0.2, 0) is 22.1 Å². The second kappa shape index (κ2) is 5.21. The van der Waals surface area contributed by atoms with Crippen molar-refractivity contribution in [1.82, 2.24) is 0 Å². The summed E-state index contributed by atoms with van der Waals surface area (Å²) in [6.45, 7) is 3.44. The first-order valence-electron chi connectivity index (χ1n) is 5.17. The van der Waals surface area contributed by atoms with Crippen molar-refractivity contribution in [1.29, 1.82) is 0 Å². The first-order valence-corrected chi connectivity index (χ1v) is 5.17. The molecular weight excluding hydrogens is 233 g/mol. The van der Waals surface area contributed by atoms with Gasteiger partial charge in [-0.2, -0.15) is 13.2 Å². The number of rotatable bonds is 3. The normalized spacial score (nSPS) is 11.4. The Labute approximate surface area is 97.4 Å². The monoisotopic (exact) mass is 246 g/mol. The van der Waals surface area contributed by atoms with Gasteiger partial charge in [0.15, 0.2) is 0 Å². The Hall–Kier alpha value is -1.52. The van der Waals surface area contributed by atoms with Crippen molar-refractivity contribution in [3.8, 4) is 0 Å². The van der Waals surface area contributed by atoms with E-state index in [2.05, 4.69) is 4.74 Å². The van der Waals surface area contributed by atoms with Gasteiger partial charge in [0.25, 0.3) is 0 Å². The maximum atomic E-state index is 12.7. The summed E-state index contributed by atoms with van der Waals surface area (Å²) in [5.41, 5.74) is -0.149. The van der Waals surface area contributed by atoms with Gasteiger partial charge in [0, 0.05) is 0 Å². The van der Waals surface area contributed by atoms with Crippen LogP contribution in [0.2, 0.25) is 0 Å². The van der Waals surface area contributed by atoms with Crippen molar-refractivity contribution in [2.45, 2.75) is 26.4 Å². The molecule has 0 aromatic heterocycles. The van der Waals surface area contributed by atoms with Crippen LogP contribution < -0.4 is 0 Å². The fraction of sp³-hybridized carbons (Fsp3) is 0.417. The van der Waals surface area contributed by atoms with Crippen LogP contribution in [0.3, 0.4) is 0 Å². The molecule has 0 saturated carbocycles. The molecule has 0 aliphatic carbocycles. The SMILES string of the molecule is CCOC(=O)Cc1cc(C)ccc1C(F)(F)F. The number of carbonyl (C=O) groups is 1. The van der Waals surface area contributed by atoms with Gasteiger partial charge in [0.2, 0.25) is 0 Å². The van der Waals surface area contributed by atoms with Crippen LogP contribution in [-0.4, -0.2) is 12.6 Å². The van der Waals surface area contributed by atoms with Crippen molar-refractivity contribution in [3.05, 3.63) is 34.9 Å². The van der Waals surface area contributed by atoms with Gasteiger partial charge in [-0.05, 0) is 25.5 Å². The number of esters is 1. The number of benzene rings is 1. The third-order valence-electron chi connectivity index (χ3n) is 2.21. The highest BCUT2D eigenvalue weighted by molar-refractivity contribution is 5.73. The van der Waals surface area contributed by atoms with E-state index >= 15 is 0 Å². The third-order valence-corrected chi connectivity index (χ3v) is 2.21. The Morgan fingerprint density at radius 1 is 1.35 bits per heavy atom. The number of carbonyl (C=O) groups excluding carboxylic acids is 1. The standard InChI is InChI=1S/C12H13F3O2/c1-3-17-11(16)7-9-6-8(2)4-5-10(9)12(13,14)15/h4-6H,3,7H2,1-2H3. The summed E-state index contributed by atoms with van der Waals surface area (Å²) in [5, 5.41) is 0. The van der Waals surface area contributed by atoms with Gasteiger partial charge >= 0.3 is 12.1 Å². The van der Waals surface area contributed by atoms with Crippen molar-refractivity contribution in [2.75, 3.05) is 6.61 Å². The summed E-state index contributed by atoms with van der Waals surface area (Å²) >= 11 is 0. The Kier molecular flexibility index (Phi) is 4.15. The highest BCUT2D eigenvalue weighted by atomic mass is 19.4. The smallest absolute Gasteiger partial charge is 0.416 e. The van der Waals surface area contributed by atoms with E-state index in [4.69, 9.17) is 0 Å². The summed E-state index contributed by atoms with van der Waals surface area (Å²) in [4.78, 5) is 11.2. The zero-order chi connectivity index (χ0) is 13.1. The minimum absolute atomic E-state index is 0.0454. The van der Waals surface area contributed by atoms with E-state index < -0.39 is 17.7 Å². The van der Waals surface area contributed by atoms with Crippen molar-refractivity contribution < 1.29 is 22.7 Å². The molecule has 0 radical (unpaired) electrons. The van der Waals surface area contributed by atoms with Crippen LogP contribution in [0.15, 0.2) is 18.2 Å².